The fourth-order valence-corrected chi connectivity index (χ4v) is 5.49. The lowest BCUT2D eigenvalue weighted by Gasteiger charge is -2.24. The quantitative estimate of drug-likeness (QED) is 0.568. The molecule has 1 aliphatic rings. The summed E-state index contributed by atoms with van der Waals surface area (Å²) in [6.45, 7) is 8.76. The van der Waals surface area contributed by atoms with E-state index in [0.717, 1.165) is 46.7 Å². The van der Waals surface area contributed by atoms with E-state index in [-0.39, 0.29) is 11.9 Å². The molecule has 0 N–H and O–H groups in total. The van der Waals surface area contributed by atoms with E-state index in [2.05, 4.69) is 9.88 Å². The molecule has 0 radical (unpaired) electrons. The van der Waals surface area contributed by atoms with Crippen molar-refractivity contribution in [2.24, 2.45) is 0 Å². The Kier molecular flexibility index (Phi) is 6.01. The van der Waals surface area contributed by atoms with Gasteiger partial charge in [0.2, 0.25) is 0 Å². The highest BCUT2D eigenvalue weighted by Gasteiger charge is 2.26. The van der Waals surface area contributed by atoms with Crippen LogP contribution in [0.2, 0.25) is 0 Å². The van der Waals surface area contributed by atoms with Gasteiger partial charge in [0.1, 0.15) is 21.3 Å². The standard InChI is InChI=1S/C21H24N4O3S2/c1-4-28-21(27)17-13(2)16-18(22-14(3)23-19(16)30-17)24-7-5-8-25(10-9-24)20(26)15-6-11-29-12-15/h6,11-12H,4-5,7-10H2,1-3H3. The first-order valence-corrected chi connectivity index (χ1v) is 11.8. The average molecular weight is 445 g/mol. The van der Waals surface area contributed by atoms with Crippen LogP contribution in [0.3, 0.4) is 0 Å². The number of nitrogens with zero attached hydrogens (tertiary/aromatic N) is 4. The second-order valence-electron chi connectivity index (χ2n) is 7.20. The second kappa shape index (κ2) is 8.69. The van der Waals surface area contributed by atoms with Crippen LogP contribution >= 0.6 is 22.7 Å². The van der Waals surface area contributed by atoms with Crippen LogP contribution in [0.25, 0.3) is 10.2 Å². The van der Waals surface area contributed by atoms with Crippen LogP contribution in [0.15, 0.2) is 16.8 Å². The van der Waals surface area contributed by atoms with E-state index >= 15 is 0 Å². The third-order valence-corrected chi connectivity index (χ3v) is 7.04. The third kappa shape index (κ3) is 3.91. The minimum Gasteiger partial charge on any atom is -0.462 e. The van der Waals surface area contributed by atoms with Crippen LogP contribution in [0, 0.1) is 13.8 Å². The summed E-state index contributed by atoms with van der Waals surface area (Å²) in [6, 6.07) is 1.87. The van der Waals surface area contributed by atoms with Crippen molar-refractivity contribution in [3.63, 3.8) is 0 Å². The summed E-state index contributed by atoms with van der Waals surface area (Å²) in [5.74, 6) is 1.28. The van der Waals surface area contributed by atoms with Gasteiger partial charge in [-0.2, -0.15) is 11.3 Å². The molecule has 1 aliphatic heterocycles. The summed E-state index contributed by atoms with van der Waals surface area (Å²) in [6.07, 6.45) is 0.855. The van der Waals surface area contributed by atoms with Crippen molar-refractivity contribution in [1.82, 2.24) is 14.9 Å². The number of anilines is 1. The number of aromatic nitrogens is 2. The Morgan fingerprint density at radius 2 is 2.00 bits per heavy atom. The van der Waals surface area contributed by atoms with Gasteiger partial charge >= 0.3 is 5.97 Å². The first kappa shape index (κ1) is 20.7. The highest BCUT2D eigenvalue weighted by atomic mass is 32.1. The van der Waals surface area contributed by atoms with Gasteiger partial charge in [0.25, 0.3) is 5.91 Å². The van der Waals surface area contributed by atoms with Crippen molar-refractivity contribution in [2.45, 2.75) is 27.2 Å². The van der Waals surface area contributed by atoms with Crippen LogP contribution in [0.1, 0.15) is 44.8 Å². The van der Waals surface area contributed by atoms with Gasteiger partial charge < -0.3 is 14.5 Å². The number of amides is 1. The molecule has 1 saturated heterocycles. The van der Waals surface area contributed by atoms with Crippen LogP contribution in [-0.4, -0.2) is 59.5 Å². The summed E-state index contributed by atoms with van der Waals surface area (Å²) < 4.78 is 5.22. The number of ether oxygens (including phenoxy) is 1. The molecule has 4 heterocycles. The smallest absolute Gasteiger partial charge is 0.348 e. The largest absolute Gasteiger partial charge is 0.462 e. The minimum atomic E-state index is -0.315. The van der Waals surface area contributed by atoms with Crippen LogP contribution < -0.4 is 4.90 Å². The number of fused-ring (bicyclic) bond motifs is 1. The maximum Gasteiger partial charge on any atom is 0.348 e. The summed E-state index contributed by atoms with van der Waals surface area (Å²) in [4.78, 5) is 39.9. The first-order valence-electron chi connectivity index (χ1n) is 10.0. The highest BCUT2D eigenvalue weighted by Crippen LogP contribution is 2.36. The molecular formula is C21H24N4O3S2. The van der Waals surface area contributed by atoms with E-state index in [4.69, 9.17) is 9.72 Å². The molecule has 158 valence electrons. The van der Waals surface area contributed by atoms with E-state index in [9.17, 15) is 9.59 Å². The molecule has 1 amide bonds. The number of esters is 1. The lowest BCUT2D eigenvalue weighted by molar-refractivity contribution is 0.0531. The zero-order chi connectivity index (χ0) is 21.3. The van der Waals surface area contributed by atoms with Crippen LogP contribution in [-0.2, 0) is 4.74 Å². The lowest BCUT2D eigenvalue weighted by Crippen LogP contribution is -2.35. The molecule has 0 aromatic carbocycles. The lowest BCUT2D eigenvalue weighted by atomic mass is 10.2. The van der Waals surface area contributed by atoms with Gasteiger partial charge in [-0.05, 0) is 44.2 Å². The van der Waals surface area contributed by atoms with E-state index in [0.29, 0.717) is 30.4 Å². The number of aryl methyl sites for hydroxylation is 2. The van der Waals surface area contributed by atoms with E-state index in [1.54, 1.807) is 6.92 Å². The number of hydrogen-bond acceptors (Lipinski definition) is 8. The summed E-state index contributed by atoms with van der Waals surface area (Å²) >= 11 is 2.89. The van der Waals surface area contributed by atoms with Gasteiger partial charge in [0.15, 0.2) is 0 Å². The fraction of sp³-hybridized carbons (Fsp3) is 0.429. The molecule has 30 heavy (non-hydrogen) atoms. The molecule has 0 aliphatic carbocycles. The molecule has 4 rings (SSSR count). The Morgan fingerprint density at radius 3 is 2.73 bits per heavy atom. The number of carbonyl (C=O) groups excluding carboxylic acids is 2. The van der Waals surface area contributed by atoms with Crippen molar-refractivity contribution in [3.05, 3.63) is 38.7 Å². The normalized spacial score (nSPS) is 14.8. The van der Waals surface area contributed by atoms with E-state index in [1.165, 1.54) is 22.7 Å². The van der Waals surface area contributed by atoms with E-state index in [1.807, 2.05) is 35.6 Å². The van der Waals surface area contributed by atoms with Gasteiger partial charge in [0.05, 0.1) is 17.6 Å². The zero-order valence-electron chi connectivity index (χ0n) is 17.3. The summed E-state index contributed by atoms with van der Waals surface area (Å²) in [7, 11) is 0. The molecular weight excluding hydrogens is 420 g/mol. The maximum atomic E-state index is 12.8. The molecule has 7 nitrogen and oxygen atoms in total. The Balaban J connectivity index is 1.64. The predicted octanol–water partition coefficient (Wildman–Crippen LogP) is 3.90. The Labute approximate surface area is 183 Å². The molecule has 9 heteroatoms. The third-order valence-electron chi connectivity index (χ3n) is 5.19. The summed E-state index contributed by atoms with van der Waals surface area (Å²) in [5, 5.41) is 4.73. The van der Waals surface area contributed by atoms with E-state index < -0.39 is 0 Å². The average Bonchev–Trinajstić information content (AvgIpc) is 3.29. The van der Waals surface area contributed by atoms with Gasteiger partial charge in [-0.1, -0.05) is 0 Å². The van der Waals surface area contributed by atoms with Crippen LogP contribution in [0.5, 0.6) is 0 Å². The van der Waals surface area contributed by atoms with Gasteiger partial charge in [0, 0.05) is 31.6 Å². The van der Waals surface area contributed by atoms with Gasteiger partial charge in [-0.3, -0.25) is 4.79 Å². The number of hydrogen-bond donors (Lipinski definition) is 0. The van der Waals surface area contributed by atoms with Crippen molar-refractivity contribution in [1.29, 1.82) is 0 Å². The van der Waals surface area contributed by atoms with Crippen molar-refractivity contribution < 1.29 is 14.3 Å². The fourth-order valence-electron chi connectivity index (χ4n) is 3.74. The molecule has 3 aromatic rings. The highest BCUT2D eigenvalue weighted by molar-refractivity contribution is 7.20. The zero-order valence-corrected chi connectivity index (χ0v) is 18.9. The monoisotopic (exact) mass is 444 g/mol. The first-order chi connectivity index (χ1) is 14.5. The Bertz CT molecular complexity index is 1080. The Hall–Kier alpha value is -2.52. The number of thiophene rings is 2. The Morgan fingerprint density at radius 1 is 1.17 bits per heavy atom. The summed E-state index contributed by atoms with van der Waals surface area (Å²) in [5.41, 5.74) is 1.61. The van der Waals surface area contributed by atoms with Crippen molar-refractivity contribution in [3.8, 4) is 0 Å². The number of rotatable bonds is 4. The molecule has 0 bridgehead atoms. The SMILES string of the molecule is CCOC(=O)c1sc2nc(C)nc(N3CCCN(C(=O)c4ccsc4)CC3)c2c1C. The van der Waals surface area contributed by atoms with Gasteiger partial charge in [-0.15, -0.1) is 11.3 Å². The maximum absolute atomic E-state index is 12.8. The molecule has 0 spiro atoms. The topological polar surface area (TPSA) is 75.6 Å². The van der Waals surface area contributed by atoms with Gasteiger partial charge in [-0.25, -0.2) is 14.8 Å². The van der Waals surface area contributed by atoms with Crippen molar-refractivity contribution in [2.75, 3.05) is 37.7 Å². The number of carbonyl (C=O) groups is 2. The predicted molar refractivity (Wildman–Crippen MR) is 120 cm³/mol. The minimum absolute atomic E-state index is 0.0819. The molecule has 0 unspecified atom stereocenters. The molecule has 0 atom stereocenters. The molecule has 1 fully saturated rings. The van der Waals surface area contributed by atoms with Crippen molar-refractivity contribution >= 4 is 50.6 Å². The van der Waals surface area contributed by atoms with Crippen LogP contribution in [0.4, 0.5) is 5.82 Å². The molecule has 3 aromatic heterocycles. The molecule has 0 saturated carbocycles. The second-order valence-corrected chi connectivity index (χ2v) is 8.98.